The van der Waals surface area contributed by atoms with E-state index >= 15 is 0 Å². The Kier molecular flexibility index (Phi) is 3.12. The molecule has 2 aromatic rings. The molecule has 0 amide bonds. The first-order chi connectivity index (χ1) is 9.47. The molecule has 3 rings (SSSR count). The molecule has 0 unspecified atom stereocenters. The molecular weight excluding hydrogens is 322 g/mol. The molecule has 0 radical (unpaired) electrons. The van der Waals surface area contributed by atoms with Crippen molar-refractivity contribution in [2.45, 2.75) is 32.6 Å². The van der Waals surface area contributed by atoms with Gasteiger partial charge in [0.2, 0.25) is 0 Å². The number of carbonyl (C=O) groups is 1. The van der Waals surface area contributed by atoms with Crippen molar-refractivity contribution in [2.75, 3.05) is 0 Å². The van der Waals surface area contributed by atoms with Crippen LogP contribution >= 0.6 is 15.9 Å². The Bertz CT molecular complexity index is 681. The fourth-order valence-electron chi connectivity index (χ4n) is 2.36. The van der Waals surface area contributed by atoms with E-state index in [2.05, 4.69) is 32.1 Å². The van der Waals surface area contributed by atoms with Gasteiger partial charge in [-0.25, -0.2) is 14.5 Å². The Hall–Kier alpha value is -1.69. The number of benzene rings is 1. The maximum atomic E-state index is 11.1. The molecule has 1 aromatic heterocycles. The largest absolute Gasteiger partial charge is 0.475 e. The summed E-state index contributed by atoms with van der Waals surface area (Å²) in [6.45, 7) is 4.01. The summed E-state index contributed by atoms with van der Waals surface area (Å²) >= 11 is 3.55. The van der Waals surface area contributed by atoms with E-state index in [9.17, 15) is 4.79 Å². The second kappa shape index (κ2) is 4.70. The number of carboxylic acid groups (broad SMARTS) is 1. The van der Waals surface area contributed by atoms with Gasteiger partial charge in [0.1, 0.15) is 5.82 Å². The predicted molar refractivity (Wildman–Crippen MR) is 77.5 cm³/mol. The summed E-state index contributed by atoms with van der Waals surface area (Å²) < 4.78 is 2.58. The summed E-state index contributed by atoms with van der Waals surface area (Å²) in [5.41, 5.74) is 3.06. The molecule has 0 aliphatic heterocycles. The van der Waals surface area contributed by atoms with Gasteiger partial charge in [-0.1, -0.05) is 6.07 Å². The van der Waals surface area contributed by atoms with Crippen LogP contribution in [0.2, 0.25) is 0 Å². The Labute approximate surface area is 124 Å². The molecule has 6 heteroatoms. The zero-order chi connectivity index (χ0) is 14.4. The molecule has 0 saturated heterocycles. The van der Waals surface area contributed by atoms with Gasteiger partial charge in [0.25, 0.3) is 5.82 Å². The lowest BCUT2D eigenvalue weighted by Crippen LogP contribution is -2.06. The Morgan fingerprint density at radius 2 is 2.10 bits per heavy atom. The molecule has 20 heavy (non-hydrogen) atoms. The molecule has 1 fully saturated rings. The van der Waals surface area contributed by atoms with Gasteiger partial charge in [-0.2, -0.15) is 0 Å². The van der Waals surface area contributed by atoms with Crippen LogP contribution in [0, 0.1) is 13.8 Å². The van der Waals surface area contributed by atoms with Crippen molar-refractivity contribution in [3.63, 3.8) is 0 Å². The van der Waals surface area contributed by atoms with Crippen LogP contribution in [0.5, 0.6) is 0 Å². The highest BCUT2D eigenvalue weighted by atomic mass is 79.9. The lowest BCUT2D eigenvalue weighted by atomic mass is 10.1. The fourth-order valence-corrected chi connectivity index (χ4v) is 3.20. The van der Waals surface area contributed by atoms with Gasteiger partial charge in [0, 0.05) is 10.4 Å². The molecule has 0 bridgehead atoms. The predicted octanol–water partition coefficient (Wildman–Crippen LogP) is 3.22. The second-order valence-corrected chi connectivity index (χ2v) is 6.05. The Morgan fingerprint density at radius 1 is 1.40 bits per heavy atom. The molecule has 0 atom stereocenters. The second-order valence-electron chi connectivity index (χ2n) is 5.20. The van der Waals surface area contributed by atoms with Crippen LogP contribution < -0.4 is 0 Å². The van der Waals surface area contributed by atoms with Crippen molar-refractivity contribution in [3.05, 3.63) is 39.4 Å². The fraction of sp³-hybridized carbons (Fsp3) is 0.357. The highest BCUT2D eigenvalue weighted by molar-refractivity contribution is 9.10. The van der Waals surface area contributed by atoms with E-state index in [0.29, 0.717) is 5.92 Å². The van der Waals surface area contributed by atoms with Crippen LogP contribution in [-0.4, -0.2) is 25.8 Å². The minimum absolute atomic E-state index is 0.140. The number of aromatic carboxylic acids is 1. The number of nitrogens with zero attached hydrogens (tertiary/aromatic N) is 3. The van der Waals surface area contributed by atoms with Crippen LogP contribution in [0.15, 0.2) is 16.6 Å². The summed E-state index contributed by atoms with van der Waals surface area (Å²) in [6.07, 6.45) is 2.08. The third-order valence-corrected chi connectivity index (χ3v) is 3.98. The lowest BCUT2D eigenvalue weighted by Gasteiger charge is -2.12. The normalized spacial score (nSPS) is 14.6. The van der Waals surface area contributed by atoms with E-state index in [1.165, 1.54) is 0 Å². The zero-order valence-electron chi connectivity index (χ0n) is 11.2. The number of hydrogen-bond acceptors (Lipinski definition) is 3. The van der Waals surface area contributed by atoms with Gasteiger partial charge in [-0.3, -0.25) is 0 Å². The molecule has 1 aliphatic rings. The summed E-state index contributed by atoms with van der Waals surface area (Å²) in [6, 6.07) is 4.06. The number of rotatable bonds is 3. The third-order valence-electron chi connectivity index (χ3n) is 3.38. The zero-order valence-corrected chi connectivity index (χ0v) is 12.8. The molecule has 5 nitrogen and oxygen atoms in total. The average Bonchev–Trinajstić information content (AvgIpc) is 3.09. The number of aryl methyl sites for hydroxylation is 2. The van der Waals surface area contributed by atoms with Gasteiger partial charge in [0.05, 0.1) is 5.69 Å². The van der Waals surface area contributed by atoms with Crippen molar-refractivity contribution < 1.29 is 9.90 Å². The number of hydrogen-bond donors (Lipinski definition) is 1. The van der Waals surface area contributed by atoms with E-state index < -0.39 is 5.97 Å². The minimum Gasteiger partial charge on any atom is -0.475 e. The first-order valence-electron chi connectivity index (χ1n) is 6.44. The van der Waals surface area contributed by atoms with Gasteiger partial charge in [-0.05, 0) is 59.8 Å². The maximum absolute atomic E-state index is 11.1. The van der Waals surface area contributed by atoms with Crippen molar-refractivity contribution in [3.8, 4) is 5.69 Å². The van der Waals surface area contributed by atoms with Crippen LogP contribution in [0.4, 0.5) is 0 Å². The molecule has 104 valence electrons. The molecular formula is C14H14BrN3O2. The molecule has 0 spiro atoms. The van der Waals surface area contributed by atoms with Gasteiger partial charge in [0.15, 0.2) is 0 Å². The van der Waals surface area contributed by atoms with Crippen LogP contribution in [0.3, 0.4) is 0 Å². The van der Waals surface area contributed by atoms with E-state index in [1.54, 1.807) is 4.68 Å². The van der Waals surface area contributed by atoms with Crippen LogP contribution in [0.1, 0.15) is 46.3 Å². The molecule has 1 N–H and O–H groups in total. The van der Waals surface area contributed by atoms with Crippen molar-refractivity contribution in [2.24, 2.45) is 0 Å². The van der Waals surface area contributed by atoms with Gasteiger partial charge in [-0.15, -0.1) is 5.10 Å². The van der Waals surface area contributed by atoms with E-state index in [1.807, 2.05) is 19.9 Å². The quantitative estimate of drug-likeness (QED) is 0.934. The third kappa shape index (κ3) is 2.24. The molecule has 1 aromatic carbocycles. The molecule has 1 saturated carbocycles. The Balaban J connectivity index is 2.21. The van der Waals surface area contributed by atoms with Gasteiger partial charge < -0.3 is 5.11 Å². The smallest absolute Gasteiger partial charge is 0.375 e. The minimum atomic E-state index is -1.09. The van der Waals surface area contributed by atoms with E-state index in [-0.39, 0.29) is 5.82 Å². The van der Waals surface area contributed by atoms with Gasteiger partial charge >= 0.3 is 5.97 Å². The summed E-state index contributed by atoms with van der Waals surface area (Å²) in [7, 11) is 0. The van der Waals surface area contributed by atoms with Crippen LogP contribution in [0.25, 0.3) is 5.69 Å². The lowest BCUT2D eigenvalue weighted by molar-refractivity contribution is 0.0683. The average molecular weight is 336 g/mol. The summed E-state index contributed by atoms with van der Waals surface area (Å²) in [5, 5.41) is 13.3. The number of aromatic nitrogens is 3. The monoisotopic (exact) mass is 335 g/mol. The summed E-state index contributed by atoms with van der Waals surface area (Å²) in [5.74, 6) is -0.163. The molecule has 1 heterocycles. The topological polar surface area (TPSA) is 68.0 Å². The van der Waals surface area contributed by atoms with Crippen molar-refractivity contribution >= 4 is 21.9 Å². The molecule has 1 aliphatic carbocycles. The van der Waals surface area contributed by atoms with Crippen LogP contribution in [-0.2, 0) is 0 Å². The highest BCUT2D eigenvalue weighted by Gasteiger charge is 2.32. The van der Waals surface area contributed by atoms with Crippen molar-refractivity contribution in [1.29, 1.82) is 0 Å². The number of halogens is 1. The maximum Gasteiger partial charge on any atom is 0.375 e. The first-order valence-corrected chi connectivity index (χ1v) is 7.24. The summed E-state index contributed by atoms with van der Waals surface area (Å²) in [4.78, 5) is 15.3. The standard InChI is InChI=1S/C14H14BrN3O2/c1-7-5-8(2)11(10(15)6-7)18-13(9-3-4-9)16-12(17-18)14(19)20/h5-6,9H,3-4H2,1-2H3,(H,19,20). The van der Waals surface area contributed by atoms with Crippen molar-refractivity contribution in [1.82, 2.24) is 14.8 Å². The Morgan fingerprint density at radius 3 is 2.65 bits per heavy atom. The SMILES string of the molecule is Cc1cc(C)c(-n2nc(C(=O)O)nc2C2CC2)c(Br)c1. The first kappa shape index (κ1) is 13.3. The van der Waals surface area contributed by atoms with E-state index in [4.69, 9.17) is 5.11 Å². The number of carboxylic acids is 1. The van der Waals surface area contributed by atoms with E-state index in [0.717, 1.165) is 40.0 Å². The highest BCUT2D eigenvalue weighted by Crippen LogP contribution is 2.41.